The maximum atomic E-state index is 6.40. The van der Waals surface area contributed by atoms with Crippen molar-refractivity contribution in [1.29, 1.82) is 0 Å². The first-order chi connectivity index (χ1) is 9.18. The van der Waals surface area contributed by atoms with Gasteiger partial charge in [-0.1, -0.05) is 0 Å². The van der Waals surface area contributed by atoms with Gasteiger partial charge in [-0.15, -0.1) is 0 Å². The van der Waals surface area contributed by atoms with Crippen LogP contribution >= 0.6 is 34.8 Å². The molecule has 98 valence electrons. The van der Waals surface area contributed by atoms with Gasteiger partial charge in [-0.2, -0.15) is 0 Å². The maximum absolute atomic E-state index is 6.40. The van der Waals surface area contributed by atoms with Crippen molar-refractivity contribution >= 4 is 56.6 Å². The van der Waals surface area contributed by atoms with Crippen LogP contribution in [-0.4, -0.2) is 21.8 Å². The Bertz CT molecular complexity index is 485. The first-order valence-corrected chi connectivity index (χ1v) is 13.2. The molecule has 0 radical (unpaired) electrons. The van der Waals surface area contributed by atoms with E-state index in [9.17, 15) is 0 Å². The molecule has 3 rings (SSSR count). The Balaban J connectivity index is 1.97. The summed E-state index contributed by atoms with van der Waals surface area (Å²) in [5.74, 6) is 0. The number of hydrogen-bond donors (Lipinski definition) is 0. The summed E-state index contributed by atoms with van der Waals surface area (Å²) in [4.78, 5) is 0. The van der Waals surface area contributed by atoms with E-state index in [2.05, 4.69) is 36.5 Å². The molecule has 3 aliphatic carbocycles. The molecule has 0 spiro atoms. The average Bonchev–Trinajstić information content (AvgIpc) is 3.07. The minimum absolute atomic E-state index is 0.376. The fourth-order valence-electron chi connectivity index (χ4n) is 2.57. The van der Waals surface area contributed by atoms with Crippen molar-refractivity contribution < 1.29 is 0 Å². The van der Waals surface area contributed by atoms with Gasteiger partial charge in [-0.3, -0.25) is 0 Å². The van der Waals surface area contributed by atoms with Crippen LogP contribution in [0, 0.1) is 0 Å². The van der Waals surface area contributed by atoms with Crippen LogP contribution in [0.5, 0.6) is 0 Å². The van der Waals surface area contributed by atoms with Gasteiger partial charge in [0.25, 0.3) is 0 Å². The molecule has 0 heterocycles. The van der Waals surface area contributed by atoms with Crippen LogP contribution in [0.2, 0.25) is 10.9 Å². The average molecular weight is 508 g/mol. The number of hydrogen-bond acceptors (Lipinski definition) is 0. The quantitative estimate of drug-likeness (QED) is 0.432. The molecule has 0 amide bonds. The van der Waals surface area contributed by atoms with Gasteiger partial charge in [0.05, 0.1) is 0 Å². The van der Waals surface area contributed by atoms with Crippen molar-refractivity contribution in [2.75, 3.05) is 0 Å². The fraction of sp³-hybridized carbons (Fsp3) is 0.200. The molecule has 0 saturated heterocycles. The molecular weight excluding hydrogens is 496 g/mol. The molecule has 0 bridgehead atoms. The number of allylic oxidation sites excluding steroid dienone is 12. The second kappa shape index (κ2) is 5.90. The predicted octanol–water partition coefficient (Wildman–Crippen LogP) is 5.67. The van der Waals surface area contributed by atoms with Gasteiger partial charge in [0.15, 0.2) is 0 Å². The van der Waals surface area contributed by atoms with Crippen molar-refractivity contribution in [2.24, 2.45) is 0 Å². The summed E-state index contributed by atoms with van der Waals surface area (Å²) in [5.41, 5.74) is 0. The van der Waals surface area contributed by atoms with Gasteiger partial charge in [0.2, 0.25) is 0 Å². The molecule has 4 heteroatoms. The van der Waals surface area contributed by atoms with Crippen molar-refractivity contribution in [3.63, 3.8) is 0 Å². The van der Waals surface area contributed by atoms with E-state index in [0.29, 0.717) is 10.9 Å². The summed E-state index contributed by atoms with van der Waals surface area (Å²) in [6, 6.07) is 0. The third-order valence-electron chi connectivity index (χ3n) is 3.46. The van der Waals surface area contributed by atoms with Gasteiger partial charge >= 0.3 is 137 Å². The molecule has 0 aliphatic heterocycles. The molecule has 3 unspecified atom stereocenters. The topological polar surface area (TPSA) is 0 Å². The summed E-state index contributed by atoms with van der Waals surface area (Å²) in [6.45, 7) is 0. The summed E-state index contributed by atoms with van der Waals surface area (Å²) >= 11 is 17.0. The van der Waals surface area contributed by atoms with Gasteiger partial charge < -0.3 is 0 Å². The molecule has 0 saturated carbocycles. The van der Waals surface area contributed by atoms with Crippen LogP contribution in [0.4, 0.5) is 0 Å². The fourth-order valence-corrected chi connectivity index (χ4v) is 17.8. The van der Waals surface area contributed by atoms with Crippen LogP contribution in [0.15, 0.2) is 69.8 Å². The minimum atomic E-state index is -2.20. The molecule has 19 heavy (non-hydrogen) atoms. The van der Waals surface area contributed by atoms with E-state index in [-0.39, 0.29) is 0 Å². The van der Waals surface area contributed by atoms with Crippen molar-refractivity contribution in [3.8, 4) is 0 Å². The zero-order chi connectivity index (χ0) is 13.4. The van der Waals surface area contributed by atoms with Crippen LogP contribution in [0.25, 0.3) is 0 Å². The Kier molecular flexibility index (Phi) is 4.39. The first-order valence-electron chi connectivity index (χ1n) is 6.07. The second-order valence-electron chi connectivity index (χ2n) is 4.59. The standard InChI is InChI=1S/3C5H4Cl.Bi/c3*6-5-3-1-2-4-5;/h3*1-4H;. The Morgan fingerprint density at radius 3 is 1.16 bits per heavy atom. The van der Waals surface area contributed by atoms with E-state index in [1.54, 1.807) is 0 Å². The second-order valence-corrected chi connectivity index (χ2v) is 15.9. The van der Waals surface area contributed by atoms with E-state index in [1.807, 2.05) is 18.2 Å². The zero-order valence-electron chi connectivity index (χ0n) is 10.0. The summed E-state index contributed by atoms with van der Waals surface area (Å²) in [6.07, 6.45) is 18.9. The van der Waals surface area contributed by atoms with Gasteiger partial charge in [0.1, 0.15) is 0 Å². The molecule has 3 atom stereocenters. The summed E-state index contributed by atoms with van der Waals surface area (Å²) in [5, 5.41) is 2.85. The normalized spacial score (nSPS) is 32.2. The summed E-state index contributed by atoms with van der Waals surface area (Å²) < 4.78 is 1.13. The van der Waals surface area contributed by atoms with E-state index >= 15 is 0 Å². The Morgan fingerprint density at radius 1 is 0.632 bits per heavy atom. The van der Waals surface area contributed by atoms with E-state index in [4.69, 9.17) is 34.8 Å². The molecule has 0 N–H and O–H groups in total. The Hall–Kier alpha value is 0.193. The van der Waals surface area contributed by atoms with Gasteiger partial charge in [-0.25, -0.2) is 0 Å². The molecular formula is C15H12BiCl3. The number of rotatable bonds is 3. The van der Waals surface area contributed by atoms with Gasteiger partial charge in [-0.05, 0) is 0 Å². The molecule has 0 aromatic carbocycles. The van der Waals surface area contributed by atoms with Crippen LogP contribution in [0.1, 0.15) is 0 Å². The zero-order valence-corrected chi connectivity index (χ0v) is 15.8. The molecule has 0 aromatic rings. The first kappa shape index (κ1) is 14.1. The van der Waals surface area contributed by atoms with Crippen molar-refractivity contribution in [1.82, 2.24) is 0 Å². The molecule has 0 aromatic heterocycles. The third kappa shape index (κ3) is 2.68. The van der Waals surface area contributed by atoms with Crippen molar-refractivity contribution in [2.45, 2.75) is 10.9 Å². The molecule has 0 nitrogen and oxygen atoms in total. The molecule has 3 aliphatic rings. The van der Waals surface area contributed by atoms with Crippen LogP contribution in [0.3, 0.4) is 0 Å². The van der Waals surface area contributed by atoms with Crippen LogP contribution < -0.4 is 0 Å². The van der Waals surface area contributed by atoms with E-state index in [0.717, 1.165) is 15.1 Å². The van der Waals surface area contributed by atoms with Gasteiger partial charge in [0, 0.05) is 0 Å². The van der Waals surface area contributed by atoms with Crippen molar-refractivity contribution in [3.05, 3.63) is 69.8 Å². The summed E-state index contributed by atoms with van der Waals surface area (Å²) in [7, 11) is 0. The Labute approximate surface area is 136 Å². The SMILES string of the molecule is ClC1=CC=C[CH]1[Bi]([CH]1C=CC=C1Cl)[CH]1C=CC=C1Cl. The third-order valence-corrected chi connectivity index (χ3v) is 19.2. The Morgan fingerprint density at radius 2 is 0.947 bits per heavy atom. The predicted molar refractivity (Wildman–Crippen MR) is 86.2 cm³/mol. The van der Waals surface area contributed by atoms with Crippen LogP contribution in [-0.2, 0) is 0 Å². The molecule has 0 fully saturated rings. The monoisotopic (exact) mass is 506 g/mol. The van der Waals surface area contributed by atoms with E-state index < -0.39 is 21.8 Å². The van der Waals surface area contributed by atoms with E-state index in [1.165, 1.54) is 0 Å². The number of halogens is 3.